The fraction of sp³-hybridized carbons (Fsp3) is 0.333. The first-order valence-corrected chi connectivity index (χ1v) is 9.13. The molecule has 0 saturated carbocycles. The Balaban J connectivity index is 0.000000396. The Morgan fingerprint density at radius 2 is 1.70 bits per heavy atom. The van der Waals surface area contributed by atoms with Crippen molar-refractivity contribution in [3.05, 3.63) is 59.4 Å². The summed E-state index contributed by atoms with van der Waals surface area (Å²) in [7, 11) is 3.33. The van der Waals surface area contributed by atoms with Gasteiger partial charge in [0, 0.05) is 18.0 Å². The number of aliphatic carboxylic acids is 1. The fourth-order valence-corrected chi connectivity index (χ4v) is 3.06. The van der Waals surface area contributed by atoms with E-state index in [2.05, 4.69) is 28.5 Å². The number of nitrogens with zero attached hydrogens (tertiary/aromatic N) is 1. The Morgan fingerprint density at radius 3 is 2.20 bits per heavy atom. The first-order chi connectivity index (χ1) is 14.3. The van der Waals surface area contributed by atoms with Gasteiger partial charge in [0.05, 0.1) is 14.2 Å². The lowest BCUT2D eigenvalue weighted by Crippen LogP contribution is -2.23. The smallest absolute Gasteiger partial charge is 0.490 e. The molecule has 2 aromatic rings. The van der Waals surface area contributed by atoms with Crippen LogP contribution in [0.5, 0.6) is 11.5 Å². The van der Waals surface area contributed by atoms with E-state index in [4.69, 9.17) is 19.4 Å². The lowest BCUT2D eigenvalue weighted by atomic mass is 9.89. The van der Waals surface area contributed by atoms with Gasteiger partial charge in [0.25, 0.3) is 0 Å². The van der Waals surface area contributed by atoms with Gasteiger partial charge >= 0.3 is 12.1 Å². The summed E-state index contributed by atoms with van der Waals surface area (Å²) in [4.78, 5) is 13.2. The third-order valence-electron chi connectivity index (χ3n) is 4.43. The summed E-state index contributed by atoms with van der Waals surface area (Å²) >= 11 is 0. The third kappa shape index (κ3) is 6.21. The Kier molecular flexibility index (Phi) is 8.23. The molecular weight excluding hydrogens is 401 g/mol. The molecule has 0 atom stereocenters. The standard InChI is InChI=1S/C19H22N2O2.C2HF3O2/c1-22-17-6-5-15(12-18(17)23-2)19(14-7-10-20-11-8-14)16-4-3-9-21-13-16;3-2(4,5)1(6)7/h3-6,9,12-13,20H,7-8,10-11H2,1-2H3;(H,6,7). The molecule has 1 aliphatic heterocycles. The van der Waals surface area contributed by atoms with Crippen LogP contribution in [0.1, 0.15) is 24.0 Å². The van der Waals surface area contributed by atoms with Gasteiger partial charge in [0.15, 0.2) is 11.5 Å². The van der Waals surface area contributed by atoms with Crippen molar-refractivity contribution in [3.8, 4) is 11.5 Å². The van der Waals surface area contributed by atoms with E-state index in [1.54, 1.807) is 14.2 Å². The van der Waals surface area contributed by atoms with E-state index in [-0.39, 0.29) is 0 Å². The van der Waals surface area contributed by atoms with Crippen molar-refractivity contribution in [1.29, 1.82) is 0 Å². The maximum atomic E-state index is 10.6. The lowest BCUT2D eigenvalue weighted by Gasteiger charge is -2.21. The summed E-state index contributed by atoms with van der Waals surface area (Å²) < 4.78 is 42.6. The van der Waals surface area contributed by atoms with Crippen molar-refractivity contribution >= 4 is 11.5 Å². The van der Waals surface area contributed by atoms with E-state index in [9.17, 15) is 13.2 Å². The molecule has 0 spiro atoms. The number of methoxy groups -OCH3 is 2. The summed E-state index contributed by atoms with van der Waals surface area (Å²) in [6.45, 7) is 2.04. The van der Waals surface area contributed by atoms with Gasteiger partial charge in [-0.2, -0.15) is 13.2 Å². The van der Waals surface area contributed by atoms with Crippen LogP contribution in [0.3, 0.4) is 0 Å². The van der Waals surface area contributed by atoms with Gasteiger partial charge < -0.3 is 19.9 Å². The number of benzene rings is 1. The van der Waals surface area contributed by atoms with Crippen LogP contribution in [0.4, 0.5) is 13.2 Å². The molecule has 6 nitrogen and oxygen atoms in total. The van der Waals surface area contributed by atoms with E-state index < -0.39 is 12.1 Å². The number of hydrogen-bond donors (Lipinski definition) is 2. The molecule has 162 valence electrons. The van der Waals surface area contributed by atoms with Crippen molar-refractivity contribution in [3.63, 3.8) is 0 Å². The van der Waals surface area contributed by atoms with Crippen LogP contribution >= 0.6 is 0 Å². The molecule has 1 fully saturated rings. The average molecular weight is 424 g/mol. The molecule has 9 heteroatoms. The number of piperidine rings is 1. The van der Waals surface area contributed by atoms with Gasteiger partial charge in [-0.05, 0) is 55.3 Å². The number of aromatic nitrogens is 1. The van der Waals surface area contributed by atoms with Crippen LogP contribution in [-0.4, -0.2) is 49.5 Å². The van der Waals surface area contributed by atoms with Crippen molar-refractivity contribution in [2.75, 3.05) is 27.3 Å². The predicted molar refractivity (Wildman–Crippen MR) is 106 cm³/mol. The molecule has 1 aromatic heterocycles. The SMILES string of the molecule is COc1ccc(C(=C2CCNCC2)c2cccnc2)cc1OC.O=C(O)C(F)(F)F. The summed E-state index contributed by atoms with van der Waals surface area (Å²) in [5.74, 6) is -1.26. The number of pyridine rings is 1. The highest BCUT2D eigenvalue weighted by atomic mass is 19.4. The van der Waals surface area contributed by atoms with Crippen molar-refractivity contribution in [1.82, 2.24) is 10.3 Å². The molecule has 30 heavy (non-hydrogen) atoms. The summed E-state index contributed by atoms with van der Waals surface area (Å²) in [5, 5.41) is 10.5. The summed E-state index contributed by atoms with van der Waals surface area (Å²) in [6.07, 6.45) is 0.765. The van der Waals surface area contributed by atoms with Crippen LogP contribution in [-0.2, 0) is 4.79 Å². The van der Waals surface area contributed by atoms with Gasteiger partial charge in [-0.3, -0.25) is 4.98 Å². The summed E-state index contributed by atoms with van der Waals surface area (Å²) in [5.41, 5.74) is 5.02. The molecule has 0 bridgehead atoms. The highest BCUT2D eigenvalue weighted by molar-refractivity contribution is 5.83. The quantitative estimate of drug-likeness (QED) is 0.775. The fourth-order valence-electron chi connectivity index (χ4n) is 3.06. The van der Waals surface area contributed by atoms with Crippen molar-refractivity contribution in [2.24, 2.45) is 0 Å². The van der Waals surface area contributed by atoms with Gasteiger partial charge in [-0.25, -0.2) is 4.79 Å². The van der Waals surface area contributed by atoms with E-state index in [1.807, 2.05) is 24.5 Å². The predicted octanol–water partition coefficient (Wildman–Crippen LogP) is 3.92. The number of halogens is 3. The number of carboxylic acids is 1. The Morgan fingerprint density at radius 1 is 1.07 bits per heavy atom. The second-order valence-corrected chi connectivity index (χ2v) is 6.34. The normalized spacial score (nSPS) is 13.7. The minimum atomic E-state index is -5.08. The number of carboxylic acid groups (broad SMARTS) is 1. The maximum Gasteiger partial charge on any atom is 0.490 e. The van der Waals surface area contributed by atoms with E-state index in [0.29, 0.717) is 0 Å². The maximum absolute atomic E-state index is 10.6. The first-order valence-electron chi connectivity index (χ1n) is 9.13. The van der Waals surface area contributed by atoms with Crippen LogP contribution in [0.2, 0.25) is 0 Å². The molecule has 0 unspecified atom stereocenters. The minimum Gasteiger partial charge on any atom is -0.493 e. The van der Waals surface area contributed by atoms with Crippen LogP contribution < -0.4 is 14.8 Å². The number of carbonyl (C=O) groups is 1. The zero-order valence-electron chi connectivity index (χ0n) is 16.6. The Labute approximate surface area is 172 Å². The number of hydrogen-bond acceptors (Lipinski definition) is 5. The molecule has 0 amide bonds. The topological polar surface area (TPSA) is 80.7 Å². The second kappa shape index (κ2) is 10.6. The number of ether oxygens (including phenoxy) is 2. The molecule has 0 radical (unpaired) electrons. The largest absolute Gasteiger partial charge is 0.493 e. The molecule has 1 saturated heterocycles. The van der Waals surface area contributed by atoms with Gasteiger partial charge in [-0.1, -0.05) is 17.7 Å². The van der Waals surface area contributed by atoms with Crippen molar-refractivity contribution in [2.45, 2.75) is 19.0 Å². The van der Waals surface area contributed by atoms with Crippen molar-refractivity contribution < 1.29 is 32.5 Å². The molecule has 2 heterocycles. The van der Waals surface area contributed by atoms with Gasteiger partial charge in [0.1, 0.15) is 0 Å². The van der Waals surface area contributed by atoms with E-state index in [0.717, 1.165) is 48.6 Å². The zero-order chi connectivity index (χ0) is 22.1. The molecular formula is C21H23F3N2O4. The van der Waals surface area contributed by atoms with Crippen LogP contribution in [0.25, 0.3) is 5.57 Å². The molecule has 1 aliphatic rings. The Hall–Kier alpha value is -3.07. The number of rotatable bonds is 4. The zero-order valence-corrected chi connectivity index (χ0v) is 16.6. The third-order valence-corrected chi connectivity index (χ3v) is 4.43. The summed E-state index contributed by atoms with van der Waals surface area (Å²) in [6, 6.07) is 10.2. The number of nitrogens with one attached hydrogen (secondary N) is 1. The van der Waals surface area contributed by atoms with E-state index in [1.165, 1.54) is 11.1 Å². The Bertz CT molecular complexity index is 876. The van der Waals surface area contributed by atoms with Gasteiger partial charge in [-0.15, -0.1) is 0 Å². The lowest BCUT2D eigenvalue weighted by molar-refractivity contribution is -0.192. The van der Waals surface area contributed by atoms with E-state index >= 15 is 0 Å². The average Bonchev–Trinajstić information content (AvgIpc) is 2.75. The molecule has 1 aromatic carbocycles. The van der Waals surface area contributed by atoms with Gasteiger partial charge in [0.2, 0.25) is 0 Å². The molecule has 0 aliphatic carbocycles. The minimum absolute atomic E-state index is 0.747. The highest BCUT2D eigenvalue weighted by Crippen LogP contribution is 2.36. The molecule has 2 N–H and O–H groups in total. The van der Waals surface area contributed by atoms with Crippen LogP contribution in [0, 0.1) is 0 Å². The van der Waals surface area contributed by atoms with Crippen LogP contribution in [0.15, 0.2) is 48.3 Å². The monoisotopic (exact) mass is 424 g/mol. The number of alkyl halides is 3. The second-order valence-electron chi connectivity index (χ2n) is 6.34. The highest BCUT2D eigenvalue weighted by Gasteiger charge is 2.38. The first kappa shape index (κ1) is 23.2. The molecule has 3 rings (SSSR count).